The Bertz CT molecular complexity index is 428. The fourth-order valence-electron chi connectivity index (χ4n) is 0.987. The van der Waals surface area contributed by atoms with Crippen molar-refractivity contribution < 1.29 is 0 Å². The Kier molecular flexibility index (Phi) is 2.44. The molecule has 4 heteroatoms. The maximum absolute atomic E-state index is 4.27. The smallest absolute Gasteiger partial charge is 0.0896 e. The van der Waals surface area contributed by atoms with Gasteiger partial charge in [0.1, 0.15) is 0 Å². The molecule has 0 bridgehead atoms. The molecule has 0 aromatic carbocycles. The second-order valence-electron chi connectivity index (χ2n) is 2.34. The molecule has 0 aliphatic rings. The zero-order chi connectivity index (χ0) is 8.55. The van der Waals surface area contributed by atoms with Crippen LogP contribution in [0.15, 0.2) is 24.7 Å². The Morgan fingerprint density at radius 2 is 1.92 bits per heavy atom. The van der Waals surface area contributed by atoms with E-state index in [-0.39, 0.29) is 0 Å². The summed E-state index contributed by atoms with van der Waals surface area (Å²) in [6.45, 7) is 0. The number of pyridine rings is 2. The van der Waals surface area contributed by atoms with Crippen molar-refractivity contribution in [2.24, 2.45) is 0 Å². The average molecular weight is 382 g/mol. The predicted octanol–water partition coefficient (Wildman–Crippen LogP) is 2.84. The zero-order valence-corrected chi connectivity index (χ0v) is 10.3. The van der Waals surface area contributed by atoms with Gasteiger partial charge in [-0.1, -0.05) is 0 Å². The predicted molar refractivity (Wildman–Crippen MR) is 65.0 cm³/mol. The largest absolute Gasteiger partial charge is 0.261 e. The molecule has 0 atom stereocenters. The maximum atomic E-state index is 4.27. The molecule has 2 aromatic rings. The molecule has 12 heavy (non-hydrogen) atoms. The number of hydrogen-bond donors (Lipinski definition) is 0. The molecule has 0 fully saturated rings. The van der Waals surface area contributed by atoms with Gasteiger partial charge in [0.05, 0.1) is 11.7 Å². The molecule has 2 rings (SSSR count). The summed E-state index contributed by atoms with van der Waals surface area (Å²) in [5.74, 6) is 0. The fraction of sp³-hybridized carbons (Fsp3) is 0. The van der Waals surface area contributed by atoms with Gasteiger partial charge in [0.25, 0.3) is 0 Å². The van der Waals surface area contributed by atoms with Crippen LogP contribution in [0.5, 0.6) is 0 Å². The zero-order valence-electron chi connectivity index (χ0n) is 5.96. The fourth-order valence-corrected chi connectivity index (χ4v) is 2.03. The Morgan fingerprint density at radius 3 is 2.75 bits per heavy atom. The summed E-state index contributed by atoms with van der Waals surface area (Å²) in [7, 11) is 0. The van der Waals surface area contributed by atoms with E-state index in [0.29, 0.717) is 0 Å². The van der Waals surface area contributed by atoms with Crippen LogP contribution >= 0.6 is 45.2 Å². The second-order valence-corrected chi connectivity index (χ2v) is 4.75. The first-order chi connectivity index (χ1) is 5.77. The third-order valence-electron chi connectivity index (χ3n) is 1.53. The third kappa shape index (κ3) is 1.54. The quantitative estimate of drug-likeness (QED) is 0.656. The van der Waals surface area contributed by atoms with Crippen molar-refractivity contribution in [1.82, 2.24) is 9.97 Å². The summed E-state index contributed by atoms with van der Waals surface area (Å²) >= 11 is 4.53. The molecule has 60 valence electrons. The highest BCUT2D eigenvalue weighted by Gasteiger charge is 1.99. The molecule has 0 N–H and O–H groups in total. The molecule has 2 heterocycles. The van der Waals surface area contributed by atoms with Crippen LogP contribution < -0.4 is 0 Å². The number of rotatable bonds is 0. The highest BCUT2D eigenvalue weighted by atomic mass is 127. The molecule has 0 spiro atoms. The first-order valence-corrected chi connectivity index (χ1v) is 5.48. The van der Waals surface area contributed by atoms with Gasteiger partial charge in [0, 0.05) is 24.9 Å². The molecule has 0 radical (unpaired) electrons. The summed E-state index contributed by atoms with van der Waals surface area (Å²) in [6, 6.07) is 2.12. The van der Waals surface area contributed by atoms with E-state index < -0.39 is 0 Å². The van der Waals surface area contributed by atoms with Crippen LogP contribution in [0.25, 0.3) is 10.9 Å². The van der Waals surface area contributed by atoms with Crippen LogP contribution in [0.1, 0.15) is 0 Å². The molecule has 0 saturated carbocycles. The van der Waals surface area contributed by atoms with Gasteiger partial charge in [-0.15, -0.1) is 0 Å². The van der Waals surface area contributed by atoms with Gasteiger partial charge in [-0.3, -0.25) is 9.97 Å². The summed E-state index contributed by atoms with van der Waals surface area (Å²) in [5, 5.41) is 1.18. The van der Waals surface area contributed by atoms with Crippen LogP contribution in [0.3, 0.4) is 0 Å². The van der Waals surface area contributed by atoms with Crippen LogP contribution in [-0.2, 0) is 0 Å². The Labute approximate surface area is 97.1 Å². The van der Waals surface area contributed by atoms with Gasteiger partial charge in [-0.25, -0.2) is 0 Å². The molecule has 0 amide bonds. The van der Waals surface area contributed by atoms with Crippen molar-refractivity contribution in [3.8, 4) is 0 Å². The lowest BCUT2D eigenvalue weighted by molar-refractivity contribution is 1.29. The summed E-state index contributed by atoms with van der Waals surface area (Å²) < 4.78 is 2.31. The number of halogens is 2. The molecule has 0 saturated heterocycles. The normalized spacial score (nSPS) is 10.5. The van der Waals surface area contributed by atoms with Crippen LogP contribution in [0.4, 0.5) is 0 Å². The van der Waals surface area contributed by atoms with Gasteiger partial charge in [-0.2, -0.15) is 0 Å². The van der Waals surface area contributed by atoms with Crippen molar-refractivity contribution in [3.05, 3.63) is 31.8 Å². The van der Waals surface area contributed by atoms with E-state index in [1.54, 1.807) is 6.20 Å². The summed E-state index contributed by atoms with van der Waals surface area (Å²) in [6.07, 6.45) is 5.48. The number of aromatic nitrogens is 2. The lowest BCUT2D eigenvalue weighted by atomic mass is 10.3. The number of nitrogens with zero attached hydrogens (tertiary/aromatic N) is 2. The first-order valence-electron chi connectivity index (χ1n) is 3.32. The minimum atomic E-state index is 0.960. The second kappa shape index (κ2) is 3.41. The minimum absolute atomic E-state index is 0.960. The van der Waals surface area contributed by atoms with Gasteiger partial charge in [0.15, 0.2) is 0 Å². The van der Waals surface area contributed by atoms with Crippen molar-refractivity contribution in [1.29, 1.82) is 0 Å². The summed E-state index contributed by atoms with van der Waals surface area (Å²) in [4.78, 5) is 8.34. The van der Waals surface area contributed by atoms with E-state index in [1.807, 2.05) is 12.4 Å². The highest BCUT2D eigenvalue weighted by molar-refractivity contribution is 14.1. The monoisotopic (exact) mass is 382 g/mol. The van der Waals surface area contributed by atoms with Gasteiger partial charge < -0.3 is 0 Å². The van der Waals surface area contributed by atoms with Gasteiger partial charge in [0.2, 0.25) is 0 Å². The number of fused-ring (bicyclic) bond motifs is 1. The van der Waals surface area contributed by atoms with Crippen molar-refractivity contribution in [3.63, 3.8) is 0 Å². The van der Waals surface area contributed by atoms with E-state index in [4.69, 9.17) is 0 Å². The summed E-state index contributed by atoms with van der Waals surface area (Å²) in [5.41, 5.74) is 0.960. The highest BCUT2D eigenvalue weighted by Crippen LogP contribution is 2.18. The van der Waals surface area contributed by atoms with E-state index in [0.717, 1.165) is 12.7 Å². The molecular formula is C8H4I2N2. The van der Waals surface area contributed by atoms with E-state index in [9.17, 15) is 0 Å². The van der Waals surface area contributed by atoms with E-state index in [1.165, 1.54) is 5.39 Å². The number of hydrogen-bond acceptors (Lipinski definition) is 2. The molecule has 2 nitrogen and oxygen atoms in total. The third-order valence-corrected chi connectivity index (χ3v) is 2.98. The van der Waals surface area contributed by atoms with E-state index in [2.05, 4.69) is 61.2 Å². The molecule has 0 aliphatic heterocycles. The first kappa shape index (κ1) is 8.61. The van der Waals surface area contributed by atoms with Gasteiger partial charge in [-0.05, 0) is 51.2 Å². The molecule has 0 aliphatic carbocycles. The van der Waals surface area contributed by atoms with Crippen molar-refractivity contribution in [2.75, 3.05) is 0 Å². The minimum Gasteiger partial charge on any atom is -0.261 e. The average Bonchev–Trinajstić information content (AvgIpc) is 2.07. The van der Waals surface area contributed by atoms with Crippen molar-refractivity contribution in [2.45, 2.75) is 0 Å². The molecular weight excluding hydrogens is 378 g/mol. The van der Waals surface area contributed by atoms with E-state index >= 15 is 0 Å². The lowest BCUT2D eigenvalue weighted by Crippen LogP contribution is -1.85. The Hall–Kier alpha value is 0.0200. The van der Waals surface area contributed by atoms with Crippen LogP contribution in [0, 0.1) is 7.14 Å². The molecule has 0 unspecified atom stereocenters. The lowest BCUT2D eigenvalue weighted by Gasteiger charge is -1.98. The van der Waals surface area contributed by atoms with Gasteiger partial charge >= 0.3 is 0 Å². The van der Waals surface area contributed by atoms with Crippen LogP contribution in [0.2, 0.25) is 0 Å². The standard InChI is InChI=1S/C8H4I2N2/c9-5-1-6-7(10)3-11-4-8(6)12-2-5/h1-4H. The topological polar surface area (TPSA) is 25.8 Å². The Balaban J connectivity index is 2.88. The SMILES string of the molecule is Ic1cnc2cncc(I)c2c1. The van der Waals surface area contributed by atoms with Crippen molar-refractivity contribution >= 4 is 56.1 Å². The Morgan fingerprint density at radius 1 is 1.08 bits per heavy atom. The maximum Gasteiger partial charge on any atom is 0.0896 e. The van der Waals surface area contributed by atoms with Crippen LogP contribution in [-0.4, -0.2) is 9.97 Å². The molecule has 2 aromatic heterocycles.